The van der Waals surface area contributed by atoms with E-state index >= 15 is 0 Å². The van der Waals surface area contributed by atoms with Crippen LogP contribution in [0.2, 0.25) is 0 Å². The van der Waals surface area contributed by atoms with E-state index in [1.165, 1.54) is 5.56 Å². The monoisotopic (exact) mass is 599 g/mol. The number of fused-ring (bicyclic) bond motifs is 3. The SMILES string of the molecule is CCOc1cc2c(cc1OC)-c1c/c(=N\c3c(C)cc(C)cc3C)n(CCNc3ncn(C4CCCCO4)n3)c(=O)n1CC2. The number of benzene rings is 2. The summed E-state index contributed by atoms with van der Waals surface area (Å²) in [6.07, 6.45) is 5.45. The third kappa shape index (κ3) is 5.88. The lowest BCUT2D eigenvalue weighted by molar-refractivity contribution is -0.0395. The van der Waals surface area contributed by atoms with Crippen LogP contribution in [-0.2, 0) is 24.2 Å². The standard InChI is InChI=1S/C33H41N7O4/c1-6-43-28-17-24-10-12-38-26(25(24)18-27(28)42-5)19-29(36-31-22(3)15-21(2)16-23(31)4)39(33(38)41)13-11-34-32-35-20-40(37-32)30-9-7-8-14-44-30/h15-20,30H,6-14H2,1-5H3,(H,34,37)/b36-29+. The van der Waals surface area contributed by atoms with Crippen LogP contribution in [0.15, 0.2) is 46.4 Å². The molecule has 44 heavy (non-hydrogen) atoms. The number of nitrogens with zero attached hydrogens (tertiary/aromatic N) is 6. The van der Waals surface area contributed by atoms with Crippen molar-refractivity contribution in [3.8, 4) is 22.8 Å². The van der Waals surface area contributed by atoms with Crippen molar-refractivity contribution in [3.63, 3.8) is 0 Å². The first-order chi connectivity index (χ1) is 21.4. The maximum absolute atomic E-state index is 14.2. The van der Waals surface area contributed by atoms with Crippen molar-refractivity contribution >= 4 is 11.6 Å². The number of methoxy groups -OCH3 is 1. The molecule has 1 N–H and O–H groups in total. The molecule has 6 rings (SSSR count). The highest BCUT2D eigenvalue weighted by Crippen LogP contribution is 2.38. The molecule has 0 saturated carbocycles. The van der Waals surface area contributed by atoms with Gasteiger partial charge in [-0.2, -0.15) is 0 Å². The van der Waals surface area contributed by atoms with E-state index in [0.717, 1.165) is 59.5 Å². The van der Waals surface area contributed by atoms with Gasteiger partial charge in [0.15, 0.2) is 17.7 Å². The number of hydrogen-bond acceptors (Lipinski definition) is 8. The Morgan fingerprint density at radius 3 is 2.64 bits per heavy atom. The minimum absolute atomic E-state index is 0.0797. The summed E-state index contributed by atoms with van der Waals surface area (Å²) in [6.45, 7) is 10.8. The van der Waals surface area contributed by atoms with Gasteiger partial charge in [0.25, 0.3) is 0 Å². The van der Waals surface area contributed by atoms with Crippen LogP contribution in [0, 0.1) is 20.8 Å². The van der Waals surface area contributed by atoms with Crippen LogP contribution in [-0.4, -0.2) is 50.8 Å². The Kier molecular flexibility index (Phi) is 8.56. The molecule has 11 heteroatoms. The van der Waals surface area contributed by atoms with Gasteiger partial charge < -0.3 is 19.5 Å². The molecule has 1 atom stereocenters. The maximum atomic E-state index is 14.2. The van der Waals surface area contributed by atoms with Crippen molar-refractivity contribution in [3.05, 3.63) is 74.9 Å². The minimum atomic E-state index is -0.113. The maximum Gasteiger partial charge on any atom is 0.330 e. The summed E-state index contributed by atoms with van der Waals surface area (Å²) in [7, 11) is 1.63. The smallest absolute Gasteiger partial charge is 0.330 e. The Morgan fingerprint density at radius 2 is 1.91 bits per heavy atom. The molecule has 1 unspecified atom stereocenters. The summed E-state index contributed by atoms with van der Waals surface area (Å²) in [4.78, 5) is 23.7. The summed E-state index contributed by atoms with van der Waals surface area (Å²) in [6, 6.07) is 10.3. The molecule has 11 nitrogen and oxygen atoms in total. The van der Waals surface area contributed by atoms with Crippen molar-refractivity contribution in [1.82, 2.24) is 23.9 Å². The molecule has 232 valence electrons. The molecule has 1 fully saturated rings. The Bertz CT molecular complexity index is 1770. The van der Waals surface area contributed by atoms with E-state index in [0.29, 0.717) is 55.6 Å². The summed E-state index contributed by atoms with van der Waals surface area (Å²) in [5, 5.41) is 7.86. The van der Waals surface area contributed by atoms with E-state index in [4.69, 9.17) is 19.2 Å². The number of rotatable bonds is 9. The molecule has 4 aromatic rings. The van der Waals surface area contributed by atoms with Gasteiger partial charge in [-0.05, 0) is 82.2 Å². The van der Waals surface area contributed by atoms with Crippen molar-refractivity contribution < 1.29 is 14.2 Å². The Hall–Kier alpha value is -4.38. The number of aromatic nitrogens is 5. The molecule has 4 heterocycles. The van der Waals surface area contributed by atoms with Crippen molar-refractivity contribution in [2.24, 2.45) is 4.99 Å². The van der Waals surface area contributed by atoms with Crippen molar-refractivity contribution in [1.29, 1.82) is 0 Å². The Morgan fingerprint density at radius 1 is 1.09 bits per heavy atom. The van der Waals surface area contributed by atoms with E-state index < -0.39 is 0 Å². The minimum Gasteiger partial charge on any atom is -0.493 e. The summed E-state index contributed by atoms with van der Waals surface area (Å²) in [5.74, 6) is 1.86. The number of ether oxygens (including phenoxy) is 3. The zero-order valence-corrected chi connectivity index (χ0v) is 26.2. The third-order valence-corrected chi connectivity index (χ3v) is 8.30. The first kappa shape index (κ1) is 29.7. The first-order valence-electron chi connectivity index (χ1n) is 15.4. The van der Waals surface area contributed by atoms with Gasteiger partial charge in [-0.25, -0.2) is 19.5 Å². The molecule has 2 aliphatic heterocycles. The van der Waals surface area contributed by atoms with Gasteiger partial charge in [-0.1, -0.05) is 17.7 Å². The summed E-state index contributed by atoms with van der Waals surface area (Å²) < 4.78 is 22.7. The van der Waals surface area contributed by atoms with Crippen LogP contribution in [0.5, 0.6) is 11.5 Å². The highest BCUT2D eigenvalue weighted by atomic mass is 16.5. The largest absolute Gasteiger partial charge is 0.493 e. The fourth-order valence-corrected chi connectivity index (χ4v) is 6.24. The van der Waals surface area contributed by atoms with Crippen LogP contribution in [0.1, 0.15) is 54.7 Å². The van der Waals surface area contributed by atoms with Gasteiger partial charge in [0.1, 0.15) is 11.8 Å². The van der Waals surface area contributed by atoms with E-state index in [9.17, 15) is 4.79 Å². The van der Waals surface area contributed by atoms with Crippen LogP contribution in [0.3, 0.4) is 0 Å². The van der Waals surface area contributed by atoms with Crippen LogP contribution in [0.4, 0.5) is 11.6 Å². The zero-order chi connectivity index (χ0) is 30.8. The second-order valence-corrected chi connectivity index (χ2v) is 11.5. The molecule has 0 bridgehead atoms. The van der Waals surface area contributed by atoms with Crippen molar-refractivity contribution in [2.75, 3.05) is 32.2 Å². The molecule has 0 amide bonds. The first-order valence-corrected chi connectivity index (χ1v) is 15.4. The Labute approximate surface area is 257 Å². The highest BCUT2D eigenvalue weighted by Gasteiger charge is 2.23. The van der Waals surface area contributed by atoms with Gasteiger partial charge >= 0.3 is 5.69 Å². The van der Waals surface area contributed by atoms with Crippen LogP contribution in [0.25, 0.3) is 11.3 Å². The molecule has 1 saturated heterocycles. The lowest BCUT2D eigenvalue weighted by Crippen LogP contribution is -2.43. The molecule has 2 aromatic heterocycles. The molecule has 0 aliphatic carbocycles. The fraction of sp³-hybridized carbons (Fsp3) is 0.455. The quantitative estimate of drug-likeness (QED) is 0.293. The summed E-state index contributed by atoms with van der Waals surface area (Å²) in [5.41, 5.74) is 7.54. The molecule has 2 aliphatic rings. The molecular weight excluding hydrogens is 558 g/mol. The lowest BCUT2D eigenvalue weighted by Gasteiger charge is -2.25. The second kappa shape index (κ2) is 12.7. The summed E-state index contributed by atoms with van der Waals surface area (Å²) >= 11 is 0. The van der Waals surface area contributed by atoms with Crippen LogP contribution < -0.4 is 26.0 Å². The topological polar surface area (TPSA) is 110 Å². The zero-order valence-electron chi connectivity index (χ0n) is 26.2. The van der Waals surface area contributed by atoms with E-state index in [1.54, 1.807) is 22.7 Å². The van der Waals surface area contributed by atoms with E-state index in [1.807, 2.05) is 29.7 Å². The van der Waals surface area contributed by atoms with Gasteiger partial charge in [0, 0.05) is 37.9 Å². The molecule has 0 spiro atoms. The number of aryl methyl sites for hydroxylation is 4. The number of hydrogen-bond donors (Lipinski definition) is 1. The van der Waals surface area contributed by atoms with Crippen molar-refractivity contribution in [2.45, 2.75) is 72.7 Å². The average Bonchev–Trinajstić information content (AvgIpc) is 3.49. The normalized spacial score (nSPS) is 16.4. The predicted octanol–water partition coefficient (Wildman–Crippen LogP) is 4.84. The van der Waals surface area contributed by atoms with Gasteiger partial charge in [0.2, 0.25) is 5.95 Å². The van der Waals surface area contributed by atoms with Gasteiger partial charge in [0.05, 0.1) is 25.1 Å². The molecule has 0 radical (unpaired) electrons. The number of anilines is 1. The number of nitrogens with one attached hydrogen (secondary N) is 1. The van der Waals surface area contributed by atoms with Gasteiger partial charge in [-0.15, -0.1) is 5.10 Å². The Balaban J connectivity index is 1.39. The molecular formula is C33H41N7O4. The average molecular weight is 600 g/mol. The van der Waals surface area contributed by atoms with E-state index in [-0.39, 0.29) is 11.9 Å². The third-order valence-electron chi connectivity index (χ3n) is 8.30. The lowest BCUT2D eigenvalue weighted by atomic mass is 9.97. The predicted molar refractivity (Wildman–Crippen MR) is 169 cm³/mol. The highest BCUT2D eigenvalue weighted by molar-refractivity contribution is 5.70. The van der Waals surface area contributed by atoms with Gasteiger partial charge in [-0.3, -0.25) is 9.13 Å². The second-order valence-electron chi connectivity index (χ2n) is 11.5. The van der Waals surface area contributed by atoms with E-state index in [2.05, 4.69) is 48.3 Å². The molecule has 2 aromatic carbocycles. The fourth-order valence-electron chi connectivity index (χ4n) is 6.24. The van der Waals surface area contributed by atoms with Crippen LogP contribution >= 0.6 is 0 Å².